The molecule has 0 radical (unpaired) electrons. The minimum Gasteiger partial charge on any atom is -0.489 e. The van der Waals surface area contributed by atoms with Crippen molar-refractivity contribution in [3.63, 3.8) is 0 Å². The van der Waals surface area contributed by atoms with E-state index < -0.39 is 11.8 Å². The normalized spacial score (nSPS) is 10.5. The third kappa shape index (κ3) is 4.94. The Morgan fingerprint density at radius 3 is 2.46 bits per heavy atom. The predicted molar refractivity (Wildman–Crippen MR) is 108 cm³/mol. The summed E-state index contributed by atoms with van der Waals surface area (Å²) in [5, 5.41) is 12.9. The van der Waals surface area contributed by atoms with Crippen LogP contribution < -0.4 is 10.1 Å². The number of halogens is 3. The van der Waals surface area contributed by atoms with Gasteiger partial charge in [0.1, 0.15) is 18.2 Å². The van der Waals surface area contributed by atoms with E-state index in [2.05, 4.69) is 5.32 Å². The van der Waals surface area contributed by atoms with Gasteiger partial charge in [0, 0.05) is 12.1 Å². The molecule has 0 unspecified atom stereocenters. The number of carbonyl (C=O) groups is 1. The molecule has 0 aromatic heterocycles. The van der Waals surface area contributed by atoms with Gasteiger partial charge in [0.2, 0.25) is 0 Å². The average Bonchev–Trinajstić information content (AvgIpc) is 2.67. The third-order valence-corrected chi connectivity index (χ3v) is 4.75. The first-order chi connectivity index (χ1) is 13.4. The zero-order chi connectivity index (χ0) is 20.1. The molecule has 0 aliphatic heterocycles. The Kier molecular flexibility index (Phi) is 6.39. The van der Waals surface area contributed by atoms with Gasteiger partial charge in [0.15, 0.2) is 0 Å². The van der Waals surface area contributed by atoms with E-state index in [9.17, 15) is 9.18 Å². The molecule has 0 aliphatic rings. The average molecular weight is 420 g/mol. The molecule has 7 heteroatoms. The number of carboxylic acids is 1. The summed E-state index contributed by atoms with van der Waals surface area (Å²) < 4.78 is 19.4. The third-order valence-electron chi connectivity index (χ3n) is 4.06. The van der Waals surface area contributed by atoms with E-state index >= 15 is 0 Å². The summed E-state index contributed by atoms with van der Waals surface area (Å²) in [6, 6.07) is 16.2. The van der Waals surface area contributed by atoms with Crippen LogP contribution >= 0.6 is 23.2 Å². The van der Waals surface area contributed by atoms with Crippen molar-refractivity contribution >= 4 is 34.9 Å². The first-order valence-electron chi connectivity index (χ1n) is 8.35. The number of nitrogens with one attached hydrogen (secondary N) is 1. The predicted octanol–water partition coefficient (Wildman–Crippen LogP) is 6.02. The lowest BCUT2D eigenvalue weighted by Crippen LogP contribution is -2.03. The van der Waals surface area contributed by atoms with Crippen LogP contribution in [0.25, 0.3) is 0 Å². The number of aromatic carboxylic acids is 1. The molecule has 0 aliphatic carbocycles. The fraction of sp³-hybridized carbons (Fsp3) is 0.0952. The number of hydrogen-bond donors (Lipinski definition) is 2. The molecule has 0 saturated carbocycles. The number of ether oxygens (including phenoxy) is 1. The summed E-state index contributed by atoms with van der Waals surface area (Å²) in [5.74, 6) is -0.848. The number of benzene rings is 3. The minimum absolute atomic E-state index is 0.0285. The summed E-state index contributed by atoms with van der Waals surface area (Å²) in [6.45, 7) is 0.475. The number of anilines is 1. The fourth-order valence-corrected chi connectivity index (χ4v) is 2.92. The topological polar surface area (TPSA) is 58.6 Å². The first kappa shape index (κ1) is 20.0. The van der Waals surface area contributed by atoms with E-state index in [1.165, 1.54) is 24.3 Å². The molecule has 3 rings (SSSR count). The van der Waals surface area contributed by atoms with Crippen LogP contribution in [0.3, 0.4) is 0 Å². The molecule has 3 aromatic carbocycles. The molecule has 0 bridgehead atoms. The molecule has 0 heterocycles. The van der Waals surface area contributed by atoms with E-state index in [4.69, 9.17) is 33.0 Å². The van der Waals surface area contributed by atoms with Crippen molar-refractivity contribution in [1.82, 2.24) is 0 Å². The second-order valence-electron chi connectivity index (χ2n) is 5.99. The molecular formula is C21H16Cl2FNO3. The number of hydrogen-bond acceptors (Lipinski definition) is 3. The van der Waals surface area contributed by atoms with Crippen LogP contribution in [0.5, 0.6) is 5.75 Å². The molecule has 28 heavy (non-hydrogen) atoms. The Balaban J connectivity index is 1.61. The molecule has 0 saturated heterocycles. The fourth-order valence-electron chi connectivity index (χ4n) is 2.52. The summed E-state index contributed by atoms with van der Waals surface area (Å²) >= 11 is 12.1. The van der Waals surface area contributed by atoms with E-state index in [1.807, 2.05) is 12.1 Å². The van der Waals surface area contributed by atoms with Gasteiger partial charge in [0.25, 0.3) is 0 Å². The van der Waals surface area contributed by atoms with Crippen LogP contribution in [0.15, 0.2) is 60.7 Å². The summed E-state index contributed by atoms with van der Waals surface area (Å²) in [4.78, 5) is 11.1. The quantitative estimate of drug-likeness (QED) is 0.491. The Morgan fingerprint density at radius 1 is 1.04 bits per heavy atom. The van der Waals surface area contributed by atoms with Gasteiger partial charge < -0.3 is 15.2 Å². The molecule has 3 aromatic rings. The van der Waals surface area contributed by atoms with Gasteiger partial charge in [-0.05, 0) is 48.0 Å². The van der Waals surface area contributed by atoms with Crippen LogP contribution in [0.1, 0.15) is 21.5 Å². The maximum absolute atomic E-state index is 13.8. The maximum atomic E-state index is 13.8. The lowest BCUT2D eigenvalue weighted by molar-refractivity contribution is 0.0697. The second-order valence-corrected chi connectivity index (χ2v) is 6.80. The first-order valence-corrected chi connectivity index (χ1v) is 9.11. The zero-order valence-corrected chi connectivity index (χ0v) is 16.1. The van der Waals surface area contributed by atoms with Crippen LogP contribution in [-0.2, 0) is 13.2 Å². The van der Waals surface area contributed by atoms with Gasteiger partial charge in [0.05, 0.1) is 21.3 Å². The van der Waals surface area contributed by atoms with Crippen molar-refractivity contribution in [3.05, 3.63) is 93.2 Å². The van der Waals surface area contributed by atoms with E-state index in [1.54, 1.807) is 24.3 Å². The molecule has 0 amide bonds. The van der Waals surface area contributed by atoms with E-state index in [-0.39, 0.29) is 12.2 Å². The van der Waals surface area contributed by atoms with E-state index in [0.717, 1.165) is 5.56 Å². The summed E-state index contributed by atoms with van der Waals surface area (Å²) in [5.41, 5.74) is 1.94. The minimum atomic E-state index is -1.02. The van der Waals surface area contributed by atoms with Crippen molar-refractivity contribution in [3.8, 4) is 5.75 Å². The number of rotatable bonds is 7. The van der Waals surface area contributed by atoms with Crippen molar-refractivity contribution in [2.45, 2.75) is 13.2 Å². The largest absolute Gasteiger partial charge is 0.489 e. The van der Waals surface area contributed by atoms with Crippen molar-refractivity contribution in [2.24, 2.45) is 0 Å². The van der Waals surface area contributed by atoms with Gasteiger partial charge in [-0.1, -0.05) is 41.4 Å². The lowest BCUT2D eigenvalue weighted by Gasteiger charge is -2.11. The molecular weight excluding hydrogens is 404 g/mol. The van der Waals surface area contributed by atoms with Crippen LogP contribution in [0, 0.1) is 5.82 Å². The van der Waals surface area contributed by atoms with Gasteiger partial charge in [-0.3, -0.25) is 0 Å². The van der Waals surface area contributed by atoms with Gasteiger partial charge in [-0.2, -0.15) is 0 Å². The lowest BCUT2D eigenvalue weighted by atomic mass is 10.1. The maximum Gasteiger partial charge on any atom is 0.335 e. The molecule has 144 valence electrons. The smallest absolute Gasteiger partial charge is 0.335 e. The Morgan fingerprint density at radius 2 is 1.79 bits per heavy atom. The molecule has 0 atom stereocenters. The van der Waals surface area contributed by atoms with Gasteiger partial charge in [-0.25, -0.2) is 9.18 Å². The van der Waals surface area contributed by atoms with E-state index in [0.29, 0.717) is 33.6 Å². The molecule has 0 spiro atoms. The van der Waals surface area contributed by atoms with Gasteiger partial charge in [-0.15, -0.1) is 0 Å². The van der Waals surface area contributed by atoms with Crippen LogP contribution in [-0.4, -0.2) is 11.1 Å². The highest BCUT2D eigenvalue weighted by Gasteiger charge is 2.09. The molecule has 0 fully saturated rings. The van der Waals surface area contributed by atoms with Gasteiger partial charge >= 0.3 is 5.97 Å². The SMILES string of the molecule is O=C(O)c1ccc(Cl)c(NCc2ccc(OCc3c(F)cccc3Cl)cc2)c1. The zero-order valence-electron chi connectivity index (χ0n) is 14.6. The molecule has 4 nitrogen and oxygen atoms in total. The highest BCUT2D eigenvalue weighted by Crippen LogP contribution is 2.25. The monoisotopic (exact) mass is 419 g/mol. The van der Waals surface area contributed by atoms with Crippen LogP contribution in [0.4, 0.5) is 10.1 Å². The highest BCUT2D eigenvalue weighted by molar-refractivity contribution is 6.33. The summed E-state index contributed by atoms with van der Waals surface area (Å²) in [7, 11) is 0. The summed E-state index contributed by atoms with van der Waals surface area (Å²) in [6.07, 6.45) is 0. The Labute approximate surface area is 171 Å². The van der Waals surface area contributed by atoms with Crippen molar-refractivity contribution in [1.29, 1.82) is 0 Å². The molecule has 2 N–H and O–H groups in total. The van der Waals surface area contributed by atoms with Crippen molar-refractivity contribution in [2.75, 3.05) is 5.32 Å². The highest BCUT2D eigenvalue weighted by atomic mass is 35.5. The Bertz CT molecular complexity index is 973. The second kappa shape index (κ2) is 8.95. The van der Waals surface area contributed by atoms with Crippen LogP contribution in [0.2, 0.25) is 10.0 Å². The standard InChI is InChI=1S/C21H16Cl2FNO3/c22-17-2-1-3-19(24)16(17)12-28-15-7-4-13(5-8-15)11-25-20-10-14(21(26)27)6-9-18(20)23/h1-10,25H,11-12H2,(H,26,27). The number of carboxylic acid groups (broad SMARTS) is 1. The Hall–Kier alpha value is -2.76. The van der Waals surface area contributed by atoms with Crippen molar-refractivity contribution < 1.29 is 19.0 Å².